The zero-order valence-corrected chi connectivity index (χ0v) is 15.0. The molecule has 3 aromatic rings. The summed E-state index contributed by atoms with van der Waals surface area (Å²) in [5.74, 6) is 0.310. The fourth-order valence-electron chi connectivity index (χ4n) is 2.42. The Kier molecular flexibility index (Phi) is 4.86. The first kappa shape index (κ1) is 17.2. The number of aromatic nitrogens is 3. The lowest BCUT2D eigenvalue weighted by atomic mass is 10.0. The van der Waals surface area contributed by atoms with Crippen molar-refractivity contribution in [1.29, 1.82) is 0 Å². The Morgan fingerprint density at radius 3 is 2.32 bits per heavy atom. The number of nitrogens with zero attached hydrogens (tertiary/aromatic N) is 3. The lowest BCUT2D eigenvalue weighted by Crippen LogP contribution is -2.11. The van der Waals surface area contributed by atoms with E-state index in [-0.39, 0.29) is 5.69 Å². The zero-order chi connectivity index (χ0) is 18.0. The van der Waals surface area contributed by atoms with Gasteiger partial charge >= 0.3 is 5.97 Å². The first-order valence-electron chi connectivity index (χ1n) is 7.96. The van der Waals surface area contributed by atoms with Gasteiger partial charge in [-0.2, -0.15) is 0 Å². The van der Waals surface area contributed by atoms with Crippen molar-refractivity contribution < 1.29 is 9.53 Å². The van der Waals surface area contributed by atoms with Gasteiger partial charge in [-0.1, -0.05) is 42.8 Å². The molecule has 128 valence electrons. The Balaban J connectivity index is 1.82. The summed E-state index contributed by atoms with van der Waals surface area (Å²) < 4.78 is 6.95. The summed E-state index contributed by atoms with van der Waals surface area (Å²) in [6.45, 7) is 6.07. The minimum atomic E-state index is -0.551. The Morgan fingerprint density at radius 2 is 1.72 bits per heavy atom. The van der Waals surface area contributed by atoms with Crippen LogP contribution in [-0.4, -0.2) is 21.0 Å². The first-order chi connectivity index (χ1) is 12.0. The molecule has 0 unspecified atom stereocenters. The van der Waals surface area contributed by atoms with Crippen molar-refractivity contribution in [2.45, 2.75) is 26.7 Å². The number of ether oxygens (including phenoxy) is 1. The molecule has 0 saturated carbocycles. The van der Waals surface area contributed by atoms with Crippen molar-refractivity contribution in [2.75, 3.05) is 0 Å². The van der Waals surface area contributed by atoms with Gasteiger partial charge in [0.25, 0.3) is 0 Å². The predicted octanol–water partition coefficient (Wildman–Crippen LogP) is 4.57. The smallest absolute Gasteiger partial charge is 0.366 e. The molecule has 0 bridgehead atoms. The van der Waals surface area contributed by atoms with Gasteiger partial charge in [0.05, 0.1) is 11.4 Å². The van der Waals surface area contributed by atoms with E-state index in [4.69, 9.17) is 16.3 Å². The van der Waals surface area contributed by atoms with Gasteiger partial charge in [-0.15, -0.1) is 5.10 Å². The van der Waals surface area contributed by atoms with Crippen molar-refractivity contribution >= 4 is 17.6 Å². The third-order valence-electron chi connectivity index (χ3n) is 3.92. The molecule has 0 aliphatic heterocycles. The summed E-state index contributed by atoms with van der Waals surface area (Å²) in [5, 5.41) is 8.63. The van der Waals surface area contributed by atoms with Gasteiger partial charge in [-0.05, 0) is 54.8 Å². The number of esters is 1. The SMILES string of the molecule is Cc1c(C(=O)Oc2ccc(Cl)cc2)nnn1-c1ccc(C(C)C)cc1. The lowest BCUT2D eigenvalue weighted by molar-refractivity contribution is 0.0727. The van der Waals surface area contributed by atoms with Crippen LogP contribution in [0, 0.1) is 6.92 Å². The zero-order valence-electron chi connectivity index (χ0n) is 14.2. The molecule has 0 saturated heterocycles. The monoisotopic (exact) mass is 355 g/mol. The maximum absolute atomic E-state index is 12.3. The minimum Gasteiger partial charge on any atom is -0.422 e. The quantitative estimate of drug-likeness (QED) is 0.508. The highest BCUT2D eigenvalue weighted by Gasteiger charge is 2.19. The van der Waals surface area contributed by atoms with Gasteiger partial charge in [-0.3, -0.25) is 0 Å². The van der Waals surface area contributed by atoms with E-state index in [1.165, 1.54) is 5.56 Å². The second-order valence-corrected chi connectivity index (χ2v) is 6.46. The van der Waals surface area contributed by atoms with Crippen LogP contribution in [0.15, 0.2) is 48.5 Å². The van der Waals surface area contributed by atoms with E-state index >= 15 is 0 Å². The lowest BCUT2D eigenvalue weighted by Gasteiger charge is -2.08. The fourth-order valence-corrected chi connectivity index (χ4v) is 2.55. The molecule has 2 aromatic carbocycles. The largest absolute Gasteiger partial charge is 0.422 e. The summed E-state index contributed by atoms with van der Waals surface area (Å²) in [5.41, 5.74) is 2.89. The number of carbonyl (C=O) groups excluding carboxylic acids is 1. The van der Waals surface area contributed by atoms with Gasteiger partial charge in [0.15, 0.2) is 5.69 Å². The molecule has 0 N–H and O–H groups in total. The molecule has 6 heteroatoms. The molecule has 0 amide bonds. The Hall–Kier alpha value is -2.66. The molecule has 1 heterocycles. The van der Waals surface area contributed by atoms with E-state index in [9.17, 15) is 4.79 Å². The number of hydrogen-bond donors (Lipinski definition) is 0. The highest BCUT2D eigenvalue weighted by molar-refractivity contribution is 6.30. The summed E-state index contributed by atoms with van der Waals surface area (Å²) >= 11 is 5.83. The van der Waals surface area contributed by atoms with Gasteiger partial charge in [-0.25, -0.2) is 9.48 Å². The van der Waals surface area contributed by atoms with Crippen LogP contribution < -0.4 is 4.74 Å². The first-order valence-corrected chi connectivity index (χ1v) is 8.34. The molecule has 0 atom stereocenters. The third-order valence-corrected chi connectivity index (χ3v) is 4.17. The molecule has 0 spiro atoms. The molecular weight excluding hydrogens is 338 g/mol. The van der Waals surface area contributed by atoms with Crippen molar-refractivity contribution in [2.24, 2.45) is 0 Å². The standard InChI is InChI=1S/C19H18ClN3O2/c1-12(2)14-4-8-16(9-5-14)23-13(3)18(21-22-23)19(24)25-17-10-6-15(20)7-11-17/h4-12H,1-3H3. The van der Waals surface area contributed by atoms with Crippen LogP contribution in [0.4, 0.5) is 0 Å². The topological polar surface area (TPSA) is 57.0 Å². The van der Waals surface area contributed by atoms with Crippen LogP contribution in [0.5, 0.6) is 5.75 Å². The van der Waals surface area contributed by atoms with Gasteiger partial charge in [0.1, 0.15) is 5.75 Å². The maximum atomic E-state index is 12.3. The molecule has 0 radical (unpaired) electrons. The second-order valence-electron chi connectivity index (χ2n) is 6.02. The number of benzene rings is 2. The Morgan fingerprint density at radius 1 is 1.08 bits per heavy atom. The van der Waals surface area contributed by atoms with E-state index < -0.39 is 5.97 Å². The summed E-state index contributed by atoms with van der Waals surface area (Å²) in [6.07, 6.45) is 0. The fraction of sp³-hybridized carbons (Fsp3) is 0.211. The average molecular weight is 356 g/mol. The molecule has 5 nitrogen and oxygen atoms in total. The summed E-state index contributed by atoms with van der Waals surface area (Å²) in [6, 6.07) is 14.6. The maximum Gasteiger partial charge on any atom is 0.366 e. The van der Waals surface area contributed by atoms with Crippen molar-refractivity contribution in [3.63, 3.8) is 0 Å². The Bertz CT molecular complexity index is 884. The summed E-state index contributed by atoms with van der Waals surface area (Å²) in [7, 11) is 0. The highest BCUT2D eigenvalue weighted by Crippen LogP contribution is 2.20. The van der Waals surface area contributed by atoms with Gasteiger partial charge in [0.2, 0.25) is 0 Å². The van der Waals surface area contributed by atoms with Crippen molar-refractivity contribution in [1.82, 2.24) is 15.0 Å². The molecule has 1 aromatic heterocycles. The highest BCUT2D eigenvalue weighted by atomic mass is 35.5. The molecule has 25 heavy (non-hydrogen) atoms. The van der Waals surface area contributed by atoms with Crippen molar-refractivity contribution in [3.05, 3.63) is 70.5 Å². The Labute approximate surface area is 151 Å². The number of carbonyl (C=O) groups is 1. The van der Waals surface area contributed by atoms with Gasteiger partial charge < -0.3 is 4.74 Å². The minimum absolute atomic E-state index is 0.183. The van der Waals surface area contributed by atoms with Crippen LogP contribution in [0.2, 0.25) is 5.02 Å². The van der Waals surface area contributed by atoms with E-state index in [2.05, 4.69) is 24.2 Å². The molecule has 0 fully saturated rings. The second kappa shape index (κ2) is 7.07. The average Bonchev–Trinajstić information content (AvgIpc) is 2.98. The predicted molar refractivity (Wildman–Crippen MR) is 96.6 cm³/mol. The number of halogens is 1. The van der Waals surface area contributed by atoms with E-state index in [1.807, 2.05) is 24.3 Å². The number of rotatable bonds is 4. The third kappa shape index (κ3) is 3.72. The van der Waals surface area contributed by atoms with E-state index in [0.717, 1.165) is 5.69 Å². The van der Waals surface area contributed by atoms with E-state index in [0.29, 0.717) is 22.4 Å². The van der Waals surface area contributed by atoms with Crippen LogP contribution in [-0.2, 0) is 0 Å². The van der Waals surface area contributed by atoms with Crippen LogP contribution >= 0.6 is 11.6 Å². The van der Waals surface area contributed by atoms with Crippen LogP contribution in [0.1, 0.15) is 41.5 Å². The van der Waals surface area contributed by atoms with Crippen molar-refractivity contribution in [3.8, 4) is 11.4 Å². The summed E-state index contributed by atoms with van der Waals surface area (Å²) in [4.78, 5) is 12.3. The number of hydrogen-bond acceptors (Lipinski definition) is 4. The van der Waals surface area contributed by atoms with E-state index in [1.54, 1.807) is 35.9 Å². The van der Waals surface area contributed by atoms with Crippen LogP contribution in [0.3, 0.4) is 0 Å². The molecular formula is C19H18ClN3O2. The normalized spacial score (nSPS) is 10.9. The van der Waals surface area contributed by atoms with Gasteiger partial charge in [0, 0.05) is 5.02 Å². The molecule has 3 rings (SSSR count). The molecule has 0 aliphatic rings. The molecule has 0 aliphatic carbocycles. The van der Waals surface area contributed by atoms with Crippen LogP contribution in [0.25, 0.3) is 5.69 Å².